The molecule has 0 aliphatic heterocycles. The molecule has 0 spiro atoms. The molecular formula is C11H10BrFN4O2. The number of benzene rings is 1. The van der Waals surface area contributed by atoms with Crippen LogP contribution in [0.2, 0.25) is 0 Å². The van der Waals surface area contributed by atoms with Crippen molar-refractivity contribution in [2.75, 3.05) is 11.9 Å². The van der Waals surface area contributed by atoms with Gasteiger partial charge >= 0.3 is 6.01 Å². The van der Waals surface area contributed by atoms with E-state index in [9.17, 15) is 9.18 Å². The number of aromatic amines is 1. The van der Waals surface area contributed by atoms with Crippen molar-refractivity contribution >= 4 is 27.8 Å². The van der Waals surface area contributed by atoms with Gasteiger partial charge in [0.1, 0.15) is 5.82 Å². The molecule has 0 radical (unpaired) electrons. The maximum atomic E-state index is 13.1. The summed E-state index contributed by atoms with van der Waals surface area (Å²) >= 11 is 3.01. The predicted molar refractivity (Wildman–Crippen MR) is 69.6 cm³/mol. The fourth-order valence-electron chi connectivity index (χ4n) is 1.31. The number of nitrogens with zero attached hydrogens (tertiary/aromatic N) is 2. The summed E-state index contributed by atoms with van der Waals surface area (Å²) in [5, 5.41) is 8.75. The number of nitrogens with one attached hydrogen (secondary N) is 2. The number of rotatable bonds is 4. The molecule has 0 saturated heterocycles. The minimum Gasteiger partial charge on any atom is -0.463 e. The highest BCUT2D eigenvalue weighted by atomic mass is 79.9. The Morgan fingerprint density at radius 3 is 3.05 bits per heavy atom. The molecular weight excluding hydrogens is 319 g/mol. The van der Waals surface area contributed by atoms with Crippen LogP contribution in [-0.2, 0) is 0 Å². The highest BCUT2D eigenvalue weighted by Gasteiger charge is 2.11. The number of carbonyl (C=O) groups excluding carboxylic acids is 1. The van der Waals surface area contributed by atoms with Crippen LogP contribution < -0.4 is 10.1 Å². The fourth-order valence-corrected chi connectivity index (χ4v) is 1.69. The molecule has 2 rings (SSSR count). The maximum absolute atomic E-state index is 13.1. The van der Waals surface area contributed by atoms with Crippen LogP contribution in [0.15, 0.2) is 22.7 Å². The molecule has 1 aromatic heterocycles. The molecule has 1 heterocycles. The van der Waals surface area contributed by atoms with Crippen LogP contribution in [0.25, 0.3) is 0 Å². The molecule has 100 valence electrons. The Hall–Kier alpha value is -1.96. The van der Waals surface area contributed by atoms with E-state index in [1.807, 2.05) is 0 Å². The van der Waals surface area contributed by atoms with Crippen molar-refractivity contribution in [3.8, 4) is 6.01 Å². The zero-order valence-electron chi connectivity index (χ0n) is 9.91. The minimum atomic E-state index is -0.435. The molecule has 8 heteroatoms. The van der Waals surface area contributed by atoms with Gasteiger partial charge in [-0.1, -0.05) is 0 Å². The first-order valence-electron chi connectivity index (χ1n) is 5.41. The number of aromatic nitrogens is 3. The van der Waals surface area contributed by atoms with Crippen molar-refractivity contribution in [3.05, 3.63) is 34.1 Å². The SMILES string of the molecule is CCOc1n[nH]c(NC(=O)c2ccc(F)c(Br)c2)n1. The molecule has 0 bridgehead atoms. The highest BCUT2D eigenvalue weighted by molar-refractivity contribution is 9.10. The highest BCUT2D eigenvalue weighted by Crippen LogP contribution is 2.17. The predicted octanol–water partition coefficient (Wildman–Crippen LogP) is 2.36. The summed E-state index contributed by atoms with van der Waals surface area (Å²) < 4.78 is 18.3. The summed E-state index contributed by atoms with van der Waals surface area (Å²) in [6.45, 7) is 2.22. The van der Waals surface area contributed by atoms with Crippen LogP contribution >= 0.6 is 15.9 Å². The van der Waals surface area contributed by atoms with Crippen molar-refractivity contribution in [3.63, 3.8) is 0 Å². The van der Waals surface area contributed by atoms with Crippen molar-refractivity contribution in [1.29, 1.82) is 0 Å². The molecule has 1 aromatic carbocycles. The van der Waals surface area contributed by atoms with Crippen LogP contribution in [0.3, 0.4) is 0 Å². The number of hydrogen-bond donors (Lipinski definition) is 2. The fraction of sp³-hybridized carbons (Fsp3) is 0.182. The third-order valence-electron chi connectivity index (χ3n) is 2.15. The van der Waals surface area contributed by atoms with Crippen molar-refractivity contribution < 1.29 is 13.9 Å². The second-order valence-electron chi connectivity index (χ2n) is 3.48. The zero-order chi connectivity index (χ0) is 13.8. The number of hydrogen-bond acceptors (Lipinski definition) is 4. The first-order valence-corrected chi connectivity index (χ1v) is 6.21. The average molecular weight is 329 g/mol. The number of carbonyl (C=O) groups is 1. The van der Waals surface area contributed by atoms with Gasteiger partial charge in [0, 0.05) is 5.56 Å². The quantitative estimate of drug-likeness (QED) is 0.902. The van der Waals surface area contributed by atoms with E-state index >= 15 is 0 Å². The van der Waals surface area contributed by atoms with E-state index in [2.05, 4.69) is 36.4 Å². The lowest BCUT2D eigenvalue weighted by Gasteiger charge is -2.02. The zero-order valence-corrected chi connectivity index (χ0v) is 11.5. The van der Waals surface area contributed by atoms with Crippen LogP contribution in [0, 0.1) is 5.82 Å². The molecule has 19 heavy (non-hydrogen) atoms. The average Bonchev–Trinajstić information content (AvgIpc) is 2.80. The number of anilines is 1. The first kappa shape index (κ1) is 13.5. The lowest BCUT2D eigenvalue weighted by atomic mass is 10.2. The van der Waals surface area contributed by atoms with E-state index in [-0.39, 0.29) is 16.4 Å². The van der Waals surface area contributed by atoms with E-state index in [0.717, 1.165) is 0 Å². The molecule has 0 saturated carbocycles. The minimum absolute atomic E-state index is 0.151. The Morgan fingerprint density at radius 2 is 2.37 bits per heavy atom. The molecule has 2 aromatic rings. The number of ether oxygens (including phenoxy) is 1. The van der Waals surface area contributed by atoms with Gasteiger partial charge in [0.15, 0.2) is 0 Å². The largest absolute Gasteiger partial charge is 0.463 e. The Bertz CT molecular complexity index is 602. The van der Waals surface area contributed by atoms with E-state index in [4.69, 9.17) is 4.74 Å². The standard InChI is InChI=1S/C11H10BrFN4O2/c1-2-19-11-15-10(16-17-11)14-9(18)6-3-4-8(13)7(12)5-6/h3-5H,2H2,1H3,(H2,14,15,16,17,18). The summed E-state index contributed by atoms with van der Waals surface area (Å²) in [4.78, 5) is 15.8. The second-order valence-corrected chi connectivity index (χ2v) is 4.34. The van der Waals surface area contributed by atoms with Gasteiger partial charge in [-0.2, -0.15) is 4.98 Å². The smallest absolute Gasteiger partial charge is 0.337 e. The monoisotopic (exact) mass is 328 g/mol. The van der Waals surface area contributed by atoms with Gasteiger partial charge in [-0.3, -0.25) is 10.1 Å². The molecule has 0 atom stereocenters. The van der Waals surface area contributed by atoms with E-state index in [1.165, 1.54) is 18.2 Å². The van der Waals surface area contributed by atoms with Gasteiger partial charge in [0.25, 0.3) is 5.91 Å². The summed E-state index contributed by atoms with van der Waals surface area (Å²) in [7, 11) is 0. The van der Waals surface area contributed by atoms with Gasteiger partial charge in [0.05, 0.1) is 11.1 Å². The number of amides is 1. The van der Waals surface area contributed by atoms with Crippen molar-refractivity contribution in [2.45, 2.75) is 6.92 Å². The van der Waals surface area contributed by atoms with E-state index < -0.39 is 11.7 Å². The van der Waals surface area contributed by atoms with Gasteiger partial charge < -0.3 is 4.74 Å². The summed E-state index contributed by atoms with van der Waals surface area (Å²) in [5.74, 6) is -0.705. The lowest BCUT2D eigenvalue weighted by Crippen LogP contribution is -2.13. The third-order valence-corrected chi connectivity index (χ3v) is 2.76. The number of H-pyrrole nitrogens is 1. The molecule has 2 N–H and O–H groups in total. The van der Waals surface area contributed by atoms with Gasteiger partial charge in [-0.05, 0) is 41.1 Å². The third kappa shape index (κ3) is 3.28. The Kier molecular flexibility index (Phi) is 4.10. The van der Waals surface area contributed by atoms with Gasteiger partial charge in [0.2, 0.25) is 5.95 Å². The summed E-state index contributed by atoms with van der Waals surface area (Å²) in [6, 6.07) is 4.10. The van der Waals surface area contributed by atoms with Crippen LogP contribution in [-0.4, -0.2) is 27.7 Å². The van der Waals surface area contributed by atoms with E-state index in [0.29, 0.717) is 12.2 Å². The van der Waals surface area contributed by atoms with E-state index in [1.54, 1.807) is 6.92 Å². The number of halogens is 2. The van der Waals surface area contributed by atoms with Crippen LogP contribution in [0.4, 0.5) is 10.3 Å². The van der Waals surface area contributed by atoms with Crippen molar-refractivity contribution in [2.24, 2.45) is 0 Å². The summed E-state index contributed by atoms with van der Waals surface area (Å²) in [5.41, 5.74) is 0.294. The molecule has 1 amide bonds. The second kappa shape index (κ2) is 5.79. The normalized spacial score (nSPS) is 10.3. The maximum Gasteiger partial charge on any atom is 0.337 e. The van der Waals surface area contributed by atoms with Crippen LogP contribution in [0.5, 0.6) is 6.01 Å². The molecule has 0 aliphatic carbocycles. The van der Waals surface area contributed by atoms with Crippen LogP contribution in [0.1, 0.15) is 17.3 Å². The Labute approximate surface area is 116 Å². The molecule has 0 unspecified atom stereocenters. The topological polar surface area (TPSA) is 79.9 Å². The Balaban J connectivity index is 2.09. The van der Waals surface area contributed by atoms with Gasteiger partial charge in [-0.15, -0.1) is 5.10 Å². The molecule has 0 fully saturated rings. The summed E-state index contributed by atoms with van der Waals surface area (Å²) in [6.07, 6.45) is 0. The molecule has 6 nitrogen and oxygen atoms in total. The first-order chi connectivity index (χ1) is 9.10. The van der Waals surface area contributed by atoms with Crippen molar-refractivity contribution in [1.82, 2.24) is 15.2 Å². The van der Waals surface area contributed by atoms with Gasteiger partial charge in [-0.25, -0.2) is 9.49 Å². The lowest BCUT2D eigenvalue weighted by molar-refractivity contribution is 0.102. The Morgan fingerprint density at radius 1 is 1.58 bits per heavy atom. The molecule has 0 aliphatic rings.